The van der Waals surface area contributed by atoms with E-state index in [2.05, 4.69) is 14.9 Å². The lowest BCUT2D eigenvalue weighted by Gasteiger charge is -2.19. The summed E-state index contributed by atoms with van der Waals surface area (Å²) in [6.07, 6.45) is 4.54. The predicted octanol–water partition coefficient (Wildman–Crippen LogP) is 2.18. The van der Waals surface area contributed by atoms with Crippen LogP contribution in [0.1, 0.15) is 24.2 Å². The number of rotatable bonds is 5. The molecule has 0 aliphatic carbocycles. The monoisotopic (exact) mass is 256 g/mol. The number of nitrogens with two attached hydrogens (primary N) is 1. The Hall–Kier alpha value is -1.94. The van der Waals surface area contributed by atoms with Gasteiger partial charge in [0.05, 0.1) is 0 Å². The number of hydrogen-bond donors (Lipinski definition) is 1. The van der Waals surface area contributed by atoms with Crippen LogP contribution in [0.2, 0.25) is 0 Å². The fourth-order valence-electron chi connectivity index (χ4n) is 1.87. The number of nitrogens with zero attached hydrogens (tertiary/aromatic N) is 3. The Kier molecular flexibility index (Phi) is 4.47. The molecule has 1 unspecified atom stereocenters. The Morgan fingerprint density at radius 2 is 2.05 bits per heavy atom. The third-order valence-corrected chi connectivity index (χ3v) is 3.12. The quantitative estimate of drug-likeness (QED) is 0.891. The van der Waals surface area contributed by atoms with E-state index in [9.17, 15) is 0 Å². The second-order valence-corrected chi connectivity index (χ2v) is 4.73. The fraction of sp³-hybridized carbons (Fsp3) is 0.333. The molecule has 0 fully saturated rings. The van der Waals surface area contributed by atoms with Crippen molar-refractivity contribution in [3.63, 3.8) is 0 Å². The zero-order chi connectivity index (χ0) is 13.7. The number of aromatic nitrogens is 2. The molecule has 0 saturated carbocycles. The highest BCUT2D eigenvalue weighted by atomic mass is 15.2. The third-order valence-electron chi connectivity index (χ3n) is 3.12. The van der Waals surface area contributed by atoms with E-state index in [0.29, 0.717) is 0 Å². The Bertz CT molecular complexity index is 511. The van der Waals surface area contributed by atoms with Crippen LogP contribution in [0.15, 0.2) is 42.7 Å². The number of pyridine rings is 2. The Morgan fingerprint density at radius 1 is 1.21 bits per heavy atom. The van der Waals surface area contributed by atoms with Crippen LogP contribution in [-0.4, -0.2) is 23.6 Å². The number of likely N-dealkylation sites (N-methyl/N-ethyl adjacent to an activating group) is 1. The lowest BCUT2D eigenvalue weighted by atomic mass is 10.1. The zero-order valence-corrected chi connectivity index (χ0v) is 11.5. The summed E-state index contributed by atoms with van der Waals surface area (Å²) in [6, 6.07) is 10.0. The van der Waals surface area contributed by atoms with Crippen molar-refractivity contribution in [3.8, 4) is 0 Å². The van der Waals surface area contributed by atoms with Crippen molar-refractivity contribution in [1.82, 2.24) is 9.97 Å². The molecule has 0 spiro atoms. The van der Waals surface area contributed by atoms with Gasteiger partial charge in [-0.15, -0.1) is 0 Å². The van der Waals surface area contributed by atoms with E-state index in [-0.39, 0.29) is 6.04 Å². The summed E-state index contributed by atoms with van der Waals surface area (Å²) in [5.74, 6) is 0.950. The molecule has 0 aromatic carbocycles. The van der Waals surface area contributed by atoms with E-state index in [4.69, 9.17) is 5.73 Å². The third kappa shape index (κ3) is 3.76. The van der Waals surface area contributed by atoms with E-state index < -0.39 is 0 Å². The molecule has 0 bridgehead atoms. The van der Waals surface area contributed by atoms with Crippen LogP contribution in [0, 0.1) is 0 Å². The molecule has 4 nitrogen and oxygen atoms in total. The van der Waals surface area contributed by atoms with E-state index >= 15 is 0 Å². The largest absolute Gasteiger partial charge is 0.359 e. The maximum Gasteiger partial charge on any atom is 0.128 e. The topological polar surface area (TPSA) is 55.0 Å². The maximum absolute atomic E-state index is 5.89. The molecular weight excluding hydrogens is 236 g/mol. The smallest absolute Gasteiger partial charge is 0.128 e. The summed E-state index contributed by atoms with van der Waals surface area (Å²) in [5.41, 5.74) is 8.09. The summed E-state index contributed by atoms with van der Waals surface area (Å²) in [7, 11) is 2.04. The molecule has 100 valence electrons. The molecule has 0 aliphatic rings. The minimum absolute atomic E-state index is 0.0333. The molecule has 19 heavy (non-hydrogen) atoms. The molecule has 2 N–H and O–H groups in total. The minimum atomic E-state index is 0.0333. The average Bonchev–Trinajstić information content (AvgIpc) is 2.46. The first-order valence-electron chi connectivity index (χ1n) is 6.49. The molecule has 2 heterocycles. The molecule has 0 amide bonds. The summed E-state index contributed by atoms with van der Waals surface area (Å²) < 4.78 is 0. The second kappa shape index (κ2) is 6.29. The summed E-state index contributed by atoms with van der Waals surface area (Å²) in [5, 5.41) is 0. The van der Waals surface area contributed by atoms with Crippen LogP contribution in [-0.2, 0) is 6.42 Å². The summed E-state index contributed by atoms with van der Waals surface area (Å²) in [4.78, 5) is 10.8. The first kappa shape index (κ1) is 13.5. The van der Waals surface area contributed by atoms with Gasteiger partial charge in [0.15, 0.2) is 0 Å². The molecule has 1 atom stereocenters. The van der Waals surface area contributed by atoms with Crippen LogP contribution in [0.25, 0.3) is 0 Å². The maximum atomic E-state index is 5.89. The number of anilines is 1. The molecule has 2 rings (SSSR count). The lowest BCUT2D eigenvalue weighted by Crippen LogP contribution is -2.22. The van der Waals surface area contributed by atoms with Crippen LogP contribution in [0.4, 0.5) is 5.82 Å². The molecular formula is C15H20N4. The normalized spacial score (nSPS) is 12.2. The van der Waals surface area contributed by atoms with Gasteiger partial charge in [-0.05, 0) is 36.8 Å². The summed E-state index contributed by atoms with van der Waals surface area (Å²) >= 11 is 0. The first-order valence-corrected chi connectivity index (χ1v) is 6.49. The van der Waals surface area contributed by atoms with Gasteiger partial charge in [-0.2, -0.15) is 0 Å². The Morgan fingerprint density at radius 3 is 2.74 bits per heavy atom. The first-order chi connectivity index (χ1) is 9.16. The van der Waals surface area contributed by atoms with Gasteiger partial charge in [-0.1, -0.05) is 6.07 Å². The van der Waals surface area contributed by atoms with Crippen molar-refractivity contribution < 1.29 is 0 Å². The van der Waals surface area contributed by atoms with Crippen molar-refractivity contribution >= 4 is 5.82 Å². The predicted molar refractivity (Wildman–Crippen MR) is 78.1 cm³/mol. The van der Waals surface area contributed by atoms with Gasteiger partial charge >= 0.3 is 0 Å². The summed E-state index contributed by atoms with van der Waals surface area (Å²) in [6.45, 7) is 2.86. The van der Waals surface area contributed by atoms with Crippen molar-refractivity contribution in [3.05, 3.63) is 54.0 Å². The molecule has 0 radical (unpaired) electrons. The molecule has 2 aromatic rings. The van der Waals surface area contributed by atoms with Gasteiger partial charge in [0.25, 0.3) is 0 Å². The zero-order valence-electron chi connectivity index (χ0n) is 11.5. The van der Waals surface area contributed by atoms with Crippen molar-refractivity contribution in [2.45, 2.75) is 19.4 Å². The highest BCUT2D eigenvalue weighted by molar-refractivity contribution is 5.41. The standard InChI is InChI=1S/C15H20N4/c1-12(16)13-6-9-18-15(11-13)19(2)10-7-14-5-3-4-8-17-14/h3-6,8-9,11-12H,7,10,16H2,1-2H3. The van der Waals surface area contributed by atoms with Crippen LogP contribution >= 0.6 is 0 Å². The van der Waals surface area contributed by atoms with Crippen molar-refractivity contribution in [1.29, 1.82) is 0 Å². The van der Waals surface area contributed by atoms with E-state index in [1.165, 1.54) is 0 Å². The SMILES string of the molecule is CC(N)c1ccnc(N(C)CCc2ccccn2)c1. The lowest BCUT2D eigenvalue weighted by molar-refractivity contribution is 0.803. The van der Waals surface area contributed by atoms with Crippen LogP contribution < -0.4 is 10.6 Å². The van der Waals surface area contributed by atoms with Crippen LogP contribution in [0.5, 0.6) is 0 Å². The highest BCUT2D eigenvalue weighted by Crippen LogP contribution is 2.15. The fourth-order valence-corrected chi connectivity index (χ4v) is 1.87. The molecule has 4 heteroatoms. The number of hydrogen-bond acceptors (Lipinski definition) is 4. The van der Waals surface area contributed by atoms with E-state index in [1.54, 1.807) is 0 Å². The van der Waals surface area contributed by atoms with Gasteiger partial charge in [0.2, 0.25) is 0 Å². The second-order valence-electron chi connectivity index (χ2n) is 4.73. The molecule has 2 aromatic heterocycles. The van der Waals surface area contributed by atoms with Gasteiger partial charge < -0.3 is 10.6 Å². The molecule has 0 saturated heterocycles. The van der Waals surface area contributed by atoms with Gasteiger partial charge in [-0.3, -0.25) is 4.98 Å². The van der Waals surface area contributed by atoms with Crippen LogP contribution in [0.3, 0.4) is 0 Å². The van der Waals surface area contributed by atoms with Crippen molar-refractivity contribution in [2.24, 2.45) is 5.73 Å². The average molecular weight is 256 g/mol. The van der Waals surface area contributed by atoms with E-state index in [1.807, 2.05) is 56.7 Å². The highest BCUT2D eigenvalue weighted by Gasteiger charge is 2.06. The van der Waals surface area contributed by atoms with Gasteiger partial charge in [0.1, 0.15) is 5.82 Å². The minimum Gasteiger partial charge on any atom is -0.359 e. The van der Waals surface area contributed by atoms with Crippen molar-refractivity contribution in [2.75, 3.05) is 18.5 Å². The Labute approximate surface area is 114 Å². The van der Waals surface area contributed by atoms with Gasteiger partial charge in [-0.25, -0.2) is 4.98 Å². The Balaban J connectivity index is 2.00. The van der Waals surface area contributed by atoms with Gasteiger partial charge in [0, 0.05) is 44.1 Å². The molecule has 0 aliphatic heterocycles. The van der Waals surface area contributed by atoms with E-state index in [0.717, 1.165) is 30.0 Å².